The number of fused-ring (bicyclic) bond motifs is 1. The monoisotopic (exact) mass is 362 g/mol. The van der Waals surface area contributed by atoms with Crippen LogP contribution in [0.4, 0.5) is 4.39 Å². The summed E-state index contributed by atoms with van der Waals surface area (Å²) in [4.78, 5) is 26.0. The molecule has 0 unspecified atom stereocenters. The summed E-state index contributed by atoms with van der Waals surface area (Å²) in [6, 6.07) is 5.78. The van der Waals surface area contributed by atoms with Gasteiger partial charge in [0.25, 0.3) is 0 Å². The maximum atomic E-state index is 13.7. The first-order valence-electron chi connectivity index (χ1n) is 8.13. The van der Waals surface area contributed by atoms with Crippen molar-refractivity contribution in [1.29, 1.82) is 0 Å². The molecule has 132 valence electrons. The Morgan fingerprint density at radius 1 is 1.32 bits per heavy atom. The van der Waals surface area contributed by atoms with Crippen LogP contribution in [0.15, 0.2) is 24.3 Å². The van der Waals surface area contributed by atoms with Gasteiger partial charge in [-0.2, -0.15) is 0 Å². The second-order valence-electron chi connectivity index (χ2n) is 6.26. The lowest BCUT2D eigenvalue weighted by Gasteiger charge is -2.16. The standard InChI is InChI=1S/C19H19FO4S/c1-11-3-6-17-13(7-11)9-18(25-17)19(22)24-10-15(21)12-4-5-16(23-2)14(20)8-12/h4-5,8-9,11H,3,6-7,10H2,1-2H3/t11-/m0/s1. The number of ether oxygens (including phenoxy) is 2. The number of benzene rings is 1. The number of esters is 1. The molecule has 0 saturated heterocycles. The van der Waals surface area contributed by atoms with Gasteiger partial charge >= 0.3 is 5.97 Å². The summed E-state index contributed by atoms with van der Waals surface area (Å²) in [7, 11) is 1.35. The second kappa shape index (κ2) is 7.35. The number of carbonyl (C=O) groups excluding carboxylic acids is 2. The van der Waals surface area contributed by atoms with E-state index in [1.807, 2.05) is 6.07 Å². The lowest BCUT2D eigenvalue weighted by atomic mass is 9.90. The predicted molar refractivity (Wildman–Crippen MR) is 93.1 cm³/mol. The van der Waals surface area contributed by atoms with Gasteiger partial charge in [0.15, 0.2) is 24.0 Å². The summed E-state index contributed by atoms with van der Waals surface area (Å²) < 4.78 is 23.6. The smallest absolute Gasteiger partial charge is 0.348 e. The lowest BCUT2D eigenvalue weighted by Crippen LogP contribution is -2.13. The number of halogens is 1. The molecule has 1 aliphatic rings. The highest BCUT2D eigenvalue weighted by molar-refractivity contribution is 7.14. The minimum atomic E-state index is -0.625. The maximum absolute atomic E-state index is 13.7. The number of rotatable bonds is 5. The predicted octanol–water partition coefficient (Wildman–Crippen LogP) is 4.06. The van der Waals surface area contributed by atoms with E-state index in [-0.39, 0.29) is 11.3 Å². The third-order valence-electron chi connectivity index (χ3n) is 4.34. The molecule has 0 spiro atoms. The summed E-state index contributed by atoms with van der Waals surface area (Å²) >= 11 is 1.44. The molecule has 1 aromatic heterocycles. The van der Waals surface area contributed by atoms with E-state index in [9.17, 15) is 14.0 Å². The quantitative estimate of drug-likeness (QED) is 0.595. The fraction of sp³-hybridized carbons (Fsp3) is 0.368. The third kappa shape index (κ3) is 3.90. The van der Waals surface area contributed by atoms with E-state index in [1.165, 1.54) is 41.0 Å². The van der Waals surface area contributed by atoms with Gasteiger partial charge in [-0.05, 0) is 55.0 Å². The summed E-state index contributed by atoms with van der Waals surface area (Å²) in [6.07, 6.45) is 3.09. The van der Waals surface area contributed by atoms with E-state index in [0.717, 1.165) is 25.3 Å². The molecule has 0 fully saturated rings. The van der Waals surface area contributed by atoms with Crippen LogP contribution in [0.5, 0.6) is 5.75 Å². The number of methoxy groups -OCH3 is 1. The topological polar surface area (TPSA) is 52.6 Å². The average molecular weight is 362 g/mol. The zero-order chi connectivity index (χ0) is 18.0. The van der Waals surface area contributed by atoms with Crippen molar-refractivity contribution < 1.29 is 23.5 Å². The Morgan fingerprint density at radius 2 is 2.12 bits per heavy atom. The van der Waals surface area contributed by atoms with Crippen LogP contribution < -0.4 is 4.74 Å². The summed E-state index contributed by atoms with van der Waals surface area (Å²) in [5, 5.41) is 0. The molecule has 1 atom stereocenters. The molecular formula is C19H19FO4S. The molecule has 0 saturated carbocycles. The number of ketones is 1. The first-order chi connectivity index (χ1) is 12.0. The molecule has 3 rings (SSSR count). The van der Waals surface area contributed by atoms with Crippen LogP contribution in [-0.2, 0) is 17.6 Å². The van der Waals surface area contributed by atoms with Gasteiger partial charge < -0.3 is 9.47 Å². The summed E-state index contributed by atoms with van der Waals surface area (Å²) in [6.45, 7) is 1.79. The Kier molecular flexibility index (Phi) is 5.18. The second-order valence-corrected chi connectivity index (χ2v) is 7.39. The van der Waals surface area contributed by atoms with Crippen LogP contribution in [0.25, 0.3) is 0 Å². The minimum absolute atomic E-state index is 0.0620. The van der Waals surface area contributed by atoms with Crippen LogP contribution in [0.2, 0.25) is 0 Å². The van der Waals surface area contributed by atoms with Gasteiger partial charge in [-0.3, -0.25) is 4.79 Å². The zero-order valence-corrected chi connectivity index (χ0v) is 15.0. The van der Waals surface area contributed by atoms with Crippen molar-refractivity contribution in [2.75, 3.05) is 13.7 Å². The number of aryl methyl sites for hydroxylation is 1. The van der Waals surface area contributed by atoms with Gasteiger partial charge in [-0.1, -0.05) is 6.92 Å². The summed E-state index contributed by atoms with van der Waals surface area (Å²) in [5.41, 5.74) is 1.35. The van der Waals surface area contributed by atoms with Crippen LogP contribution in [0.1, 0.15) is 43.8 Å². The van der Waals surface area contributed by atoms with Gasteiger partial charge in [-0.25, -0.2) is 9.18 Å². The molecular weight excluding hydrogens is 343 g/mol. The van der Waals surface area contributed by atoms with Crippen molar-refractivity contribution in [3.8, 4) is 5.75 Å². The molecule has 0 bridgehead atoms. The van der Waals surface area contributed by atoms with E-state index in [1.54, 1.807) is 0 Å². The Hall–Kier alpha value is -2.21. The Balaban J connectivity index is 1.62. The largest absolute Gasteiger partial charge is 0.494 e. The van der Waals surface area contributed by atoms with Gasteiger partial charge in [0.05, 0.1) is 7.11 Å². The van der Waals surface area contributed by atoms with E-state index < -0.39 is 24.2 Å². The first kappa shape index (κ1) is 17.6. The van der Waals surface area contributed by atoms with Crippen LogP contribution in [-0.4, -0.2) is 25.5 Å². The Bertz CT molecular complexity index is 812. The average Bonchev–Trinajstić information content (AvgIpc) is 3.02. The Morgan fingerprint density at radius 3 is 2.84 bits per heavy atom. The first-order valence-corrected chi connectivity index (χ1v) is 8.95. The molecule has 0 amide bonds. The van der Waals surface area contributed by atoms with E-state index in [2.05, 4.69) is 6.92 Å². The molecule has 25 heavy (non-hydrogen) atoms. The number of thiophene rings is 1. The van der Waals surface area contributed by atoms with E-state index in [4.69, 9.17) is 9.47 Å². The number of hydrogen-bond acceptors (Lipinski definition) is 5. The van der Waals surface area contributed by atoms with Gasteiger partial charge in [0, 0.05) is 10.4 Å². The van der Waals surface area contributed by atoms with Crippen molar-refractivity contribution >= 4 is 23.1 Å². The molecule has 0 aliphatic heterocycles. The van der Waals surface area contributed by atoms with Gasteiger partial charge in [-0.15, -0.1) is 11.3 Å². The molecule has 4 nitrogen and oxygen atoms in total. The molecule has 1 heterocycles. The number of hydrogen-bond donors (Lipinski definition) is 0. The normalized spacial score (nSPS) is 16.2. The van der Waals surface area contributed by atoms with Gasteiger partial charge in [0.1, 0.15) is 4.88 Å². The van der Waals surface area contributed by atoms with Crippen LogP contribution in [0.3, 0.4) is 0 Å². The fourth-order valence-electron chi connectivity index (χ4n) is 2.93. The molecule has 6 heteroatoms. The van der Waals surface area contributed by atoms with Gasteiger partial charge in [0.2, 0.25) is 0 Å². The maximum Gasteiger partial charge on any atom is 0.348 e. The lowest BCUT2D eigenvalue weighted by molar-refractivity contribution is 0.0479. The molecule has 0 radical (unpaired) electrons. The molecule has 2 aromatic rings. The zero-order valence-electron chi connectivity index (χ0n) is 14.1. The van der Waals surface area contributed by atoms with Crippen LogP contribution in [0, 0.1) is 11.7 Å². The van der Waals surface area contributed by atoms with Crippen molar-refractivity contribution in [1.82, 2.24) is 0 Å². The van der Waals surface area contributed by atoms with Crippen molar-refractivity contribution in [2.24, 2.45) is 5.92 Å². The third-order valence-corrected chi connectivity index (χ3v) is 5.56. The Labute approximate surface area is 149 Å². The van der Waals surface area contributed by atoms with E-state index in [0.29, 0.717) is 10.8 Å². The number of carbonyl (C=O) groups is 2. The fourth-order valence-corrected chi connectivity index (χ4v) is 4.03. The highest BCUT2D eigenvalue weighted by atomic mass is 32.1. The van der Waals surface area contributed by atoms with E-state index >= 15 is 0 Å². The molecule has 0 N–H and O–H groups in total. The van der Waals surface area contributed by atoms with Crippen molar-refractivity contribution in [2.45, 2.75) is 26.2 Å². The van der Waals surface area contributed by atoms with Crippen LogP contribution >= 0.6 is 11.3 Å². The molecule has 1 aromatic carbocycles. The SMILES string of the molecule is COc1ccc(C(=O)COC(=O)c2cc3c(s2)CC[C@H](C)C3)cc1F. The number of Topliss-reactive ketones (excluding diaryl/α,β-unsaturated/α-hetero) is 1. The highest BCUT2D eigenvalue weighted by Gasteiger charge is 2.22. The van der Waals surface area contributed by atoms with Crippen molar-refractivity contribution in [3.05, 3.63) is 51.0 Å². The highest BCUT2D eigenvalue weighted by Crippen LogP contribution is 2.32. The minimum Gasteiger partial charge on any atom is -0.494 e. The molecule has 1 aliphatic carbocycles. The van der Waals surface area contributed by atoms with Crippen molar-refractivity contribution in [3.63, 3.8) is 0 Å². The summed E-state index contributed by atoms with van der Waals surface area (Å²) in [5.74, 6) is -0.900.